The number of piperidine rings is 1. The average molecular weight is 546 g/mol. The maximum Gasteiger partial charge on any atom is 0.138 e. The van der Waals surface area contributed by atoms with E-state index in [0.29, 0.717) is 28.9 Å². The summed E-state index contributed by atoms with van der Waals surface area (Å²) in [5, 5.41) is 24.1. The van der Waals surface area contributed by atoms with Gasteiger partial charge in [0, 0.05) is 60.8 Å². The molecule has 3 fully saturated rings. The highest BCUT2D eigenvalue weighted by Gasteiger charge is 2.44. The molecular formula is C32H31N7O2. The number of aliphatic hydroxyl groups is 1. The summed E-state index contributed by atoms with van der Waals surface area (Å²) in [5.74, 6) is 4.09. The SMILES string of the molecule is C#Cc1ccc(/C=C/CN2C3CC2CN(c2ccc(-c4cc(OCC(C)(C)O)cn5ncc(C#N)c45)cn2)C3)nc1. The molecule has 0 radical (unpaired) electrons. The molecule has 7 rings (SSSR count). The van der Waals surface area contributed by atoms with Crippen molar-refractivity contribution in [2.45, 2.75) is 38.0 Å². The second-order valence-electron chi connectivity index (χ2n) is 11.2. The lowest BCUT2D eigenvalue weighted by Crippen LogP contribution is -2.68. The van der Waals surface area contributed by atoms with Gasteiger partial charge in [-0.15, -0.1) is 6.42 Å². The minimum absolute atomic E-state index is 0.127. The molecule has 2 atom stereocenters. The van der Waals surface area contributed by atoms with E-state index in [-0.39, 0.29) is 6.61 Å². The van der Waals surface area contributed by atoms with E-state index >= 15 is 0 Å². The normalized spacial score (nSPS) is 18.7. The standard InChI is InChI=1S/C32H31N7O2/c1-4-22-7-9-25(34-15-22)6-5-11-38-26-12-27(38)19-37(18-26)30-10-8-23(16-35-30)29-13-28(41-21-32(2,3)40)20-39-31(29)24(14-33)17-36-39/h1,5-10,13,15-17,20,26-27,40H,11-12,18-19,21H2,2-3H3/b6-5+. The highest BCUT2D eigenvalue weighted by atomic mass is 16.5. The van der Waals surface area contributed by atoms with Crippen molar-refractivity contribution < 1.29 is 9.84 Å². The van der Waals surface area contributed by atoms with Crippen LogP contribution in [0.5, 0.6) is 5.75 Å². The summed E-state index contributed by atoms with van der Waals surface area (Å²) in [6, 6.07) is 13.0. The Morgan fingerprint density at radius 1 is 1.15 bits per heavy atom. The number of hydrogen-bond donors (Lipinski definition) is 1. The van der Waals surface area contributed by atoms with Gasteiger partial charge in [-0.2, -0.15) is 10.4 Å². The molecule has 0 spiro atoms. The van der Waals surface area contributed by atoms with Crippen LogP contribution >= 0.6 is 0 Å². The first-order valence-corrected chi connectivity index (χ1v) is 13.6. The molecule has 41 heavy (non-hydrogen) atoms. The van der Waals surface area contributed by atoms with Gasteiger partial charge in [-0.3, -0.25) is 9.88 Å². The maximum atomic E-state index is 10.1. The fourth-order valence-corrected chi connectivity index (χ4v) is 5.53. The van der Waals surface area contributed by atoms with Gasteiger partial charge >= 0.3 is 0 Å². The molecule has 0 aromatic carbocycles. The lowest BCUT2D eigenvalue weighted by molar-refractivity contribution is 0.0107. The number of nitrogens with zero attached hydrogens (tertiary/aromatic N) is 7. The topological polar surface area (TPSA) is 103 Å². The third kappa shape index (κ3) is 5.51. The molecule has 1 N–H and O–H groups in total. The fraction of sp³-hybridized carbons (Fsp3) is 0.312. The summed E-state index contributed by atoms with van der Waals surface area (Å²) in [6.07, 6.45) is 17.7. The molecule has 2 bridgehead atoms. The van der Waals surface area contributed by atoms with Crippen molar-refractivity contribution in [3.63, 3.8) is 0 Å². The maximum absolute atomic E-state index is 10.1. The van der Waals surface area contributed by atoms with Gasteiger partial charge in [0.15, 0.2) is 0 Å². The summed E-state index contributed by atoms with van der Waals surface area (Å²) in [6.45, 7) is 6.26. The molecule has 3 aliphatic rings. The number of hydrogen-bond acceptors (Lipinski definition) is 8. The summed E-state index contributed by atoms with van der Waals surface area (Å²) in [5.41, 5.74) is 3.55. The zero-order valence-corrected chi connectivity index (χ0v) is 23.1. The van der Waals surface area contributed by atoms with Gasteiger partial charge in [0.05, 0.1) is 34.8 Å². The highest BCUT2D eigenvalue weighted by molar-refractivity contribution is 5.85. The molecule has 9 heteroatoms. The van der Waals surface area contributed by atoms with Crippen LogP contribution in [0.2, 0.25) is 0 Å². The van der Waals surface area contributed by atoms with E-state index < -0.39 is 5.60 Å². The van der Waals surface area contributed by atoms with Gasteiger partial charge in [-0.05, 0) is 56.7 Å². The Kier molecular flexibility index (Phi) is 6.92. The summed E-state index contributed by atoms with van der Waals surface area (Å²) in [4.78, 5) is 14.1. The van der Waals surface area contributed by atoms with Crippen LogP contribution in [-0.4, -0.2) is 73.5 Å². The van der Waals surface area contributed by atoms with Crippen LogP contribution in [0.15, 0.2) is 61.2 Å². The fourth-order valence-electron chi connectivity index (χ4n) is 5.53. The van der Waals surface area contributed by atoms with Crippen molar-refractivity contribution in [1.82, 2.24) is 24.5 Å². The van der Waals surface area contributed by atoms with Crippen molar-refractivity contribution in [1.29, 1.82) is 5.26 Å². The summed E-state index contributed by atoms with van der Waals surface area (Å²) >= 11 is 0. The van der Waals surface area contributed by atoms with Gasteiger partial charge in [-0.25, -0.2) is 9.50 Å². The third-order valence-electron chi connectivity index (χ3n) is 7.58. The second kappa shape index (κ2) is 10.7. The van der Waals surface area contributed by atoms with Crippen molar-refractivity contribution >= 4 is 17.4 Å². The van der Waals surface area contributed by atoms with E-state index in [9.17, 15) is 10.4 Å². The van der Waals surface area contributed by atoms with Crippen LogP contribution in [-0.2, 0) is 0 Å². The van der Waals surface area contributed by atoms with E-state index in [2.05, 4.69) is 37.9 Å². The van der Waals surface area contributed by atoms with Crippen molar-refractivity contribution in [3.05, 3.63) is 78.0 Å². The summed E-state index contributed by atoms with van der Waals surface area (Å²) in [7, 11) is 0. The zero-order chi connectivity index (χ0) is 28.6. The molecule has 3 saturated heterocycles. The Hall–Kier alpha value is -4.70. The quantitative estimate of drug-likeness (QED) is 0.334. The molecule has 0 saturated carbocycles. The van der Waals surface area contributed by atoms with Crippen LogP contribution in [0.1, 0.15) is 37.1 Å². The molecule has 206 valence electrons. The second-order valence-corrected chi connectivity index (χ2v) is 11.2. The highest BCUT2D eigenvalue weighted by Crippen LogP contribution is 2.35. The van der Waals surface area contributed by atoms with Crippen LogP contribution < -0.4 is 9.64 Å². The monoisotopic (exact) mass is 545 g/mol. The van der Waals surface area contributed by atoms with Crippen molar-refractivity contribution in [2.75, 3.05) is 31.1 Å². The van der Waals surface area contributed by atoms with Crippen LogP contribution in [0.25, 0.3) is 22.7 Å². The number of piperazine rings is 1. The van der Waals surface area contributed by atoms with Crippen molar-refractivity contribution in [2.24, 2.45) is 0 Å². The molecule has 0 aliphatic carbocycles. The van der Waals surface area contributed by atoms with Crippen LogP contribution in [0.3, 0.4) is 0 Å². The van der Waals surface area contributed by atoms with E-state index in [1.807, 2.05) is 42.6 Å². The number of anilines is 1. The van der Waals surface area contributed by atoms with Crippen LogP contribution in [0.4, 0.5) is 5.82 Å². The smallest absolute Gasteiger partial charge is 0.138 e. The van der Waals surface area contributed by atoms with Gasteiger partial charge in [0.1, 0.15) is 24.2 Å². The number of aromatic nitrogens is 4. The lowest BCUT2D eigenvalue weighted by Gasteiger charge is -2.56. The summed E-state index contributed by atoms with van der Waals surface area (Å²) < 4.78 is 7.49. The molecule has 3 aliphatic heterocycles. The first kappa shape index (κ1) is 26.5. The minimum Gasteiger partial charge on any atom is -0.489 e. The number of terminal acetylenes is 1. The Labute approximate surface area is 239 Å². The first-order valence-electron chi connectivity index (χ1n) is 13.6. The van der Waals surface area contributed by atoms with E-state index in [1.54, 1.807) is 37.0 Å². The minimum atomic E-state index is -0.979. The first-order chi connectivity index (χ1) is 19.8. The van der Waals surface area contributed by atoms with E-state index in [0.717, 1.165) is 47.8 Å². The Bertz CT molecular complexity index is 1660. The molecule has 7 heterocycles. The van der Waals surface area contributed by atoms with Gasteiger partial charge in [0.25, 0.3) is 0 Å². The Morgan fingerprint density at radius 3 is 2.63 bits per heavy atom. The molecule has 4 aromatic heterocycles. The molecule has 4 aromatic rings. The van der Waals surface area contributed by atoms with Gasteiger partial charge in [0.2, 0.25) is 0 Å². The van der Waals surface area contributed by atoms with Crippen molar-refractivity contribution in [3.8, 4) is 35.3 Å². The number of fused-ring (bicyclic) bond motifs is 3. The molecule has 9 nitrogen and oxygen atoms in total. The zero-order valence-electron chi connectivity index (χ0n) is 23.1. The predicted molar refractivity (Wildman–Crippen MR) is 157 cm³/mol. The number of nitriles is 1. The Morgan fingerprint density at radius 2 is 1.98 bits per heavy atom. The third-order valence-corrected chi connectivity index (χ3v) is 7.58. The molecule has 2 unspecified atom stereocenters. The molecular weight excluding hydrogens is 514 g/mol. The number of ether oxygens (including phenoxy) is 1. The molecule has 0 amide bonds. The average Bonchev–Trinajstić information content (AvgIpc) is 3.41. The largest absolute Gasteiger partial charge is 0.489 e. The van der Waals surface area contributed by atoms with Gasteiger partial charge < -0.3 is 14.7 Å². The number of pyridine rings is 3. The van der Waals surface area contributed by atoms with Crippen LogP contribution in [0, 0.1) is 23.7 Å². The Balaban J connectivity index is 1.15. The predicted octanol–water partition coefficient (Wildman–Crippen LogP) is 3.77. The van der Waals surface area contributed by atoms with E-state index in [4.69, 9.17) is 16.1 Å². The lowest BCUT2D eigenvalue weighted by atomic mass is 9.87. The van der Waals surface area contributed by atoms with Gasteiger partial charge in [-0.1, -0.05) is 12.0 Å². The van der Waals surface area contributed by atoms with E-state index in [1.165, 1.54) is 6.42 Å². The number of rotatable bonds is 8.